The number of aryl methyl sites for hydroxylation is 1. The molecular formula is C20H22N4O3S. The zero-order valence-corrected chi connectivity index (χ0v) is 16.7. The minimum atomic E-state index is -0.277. The molecule has 7 nitrogen and oxygen atoms in total. The van der Waals surface area contributed by atoms with Crippen LogP contribution in [0.25, 0.3) is 11.0 Å². The Balaban J connectivity index is 1.56. The molecule has 1 saturated heterocycles. The smallest absolute Gasteiger partial charge is 0.263 e. The Morgan fingerprint density at radius 1 is 1.32 bits per heavy atom. The predicted octanol–water partition coefficient (Wildman–Crippen LogP) is 2.61. The van der Waals surface area contributed by atoms with Gasteiger partial charge in [-0.2, -0.15) is 8.75 Å². The first-order chi connectivity index (χ1) is 13.5. The number of hydrogen-bond acceptors (Lipinski definition) is 6. The molecule has 146 valence electrons. The molecule has 0 saturated carbocycles. The van der Waals surface area contributed by atoms with Gasteiger partial charge in [0.15, 0.2) is 0 Å². The van der Waals surface area contributed by atoms with Gasteiger partial charge in [-0.1, -0.05) is 6.07 Å². The van der Waals surface area contributed by atoms with E-state index in [9.17, 15) is 9.59 Å². The van der Waals surface area contributed by atoms with Crippen LogP contribution in [0.3, 0.4) is 0 Å². The lowest BCUT2D eigenvalue weighted by molar-refractivity contribution is 0.0778. The highest BCUT2D eigenvalue weighted by atomic mass is 32.1. The molecule has 1 amide bonds. The summed E-state index contributed by atoms with van der Waals surface area (Å²) < 4.78 is 15.7. The van der Waals surface area contributed by atoms with Crippen LogP contribution in [0.5, 0.6) is 0 Å². The molecule has 1 aromatic carbocycles. The largest absolute Gasteiger partial charge is 0.376 e. The average Bonchev–Trinajstić information content (AvgIpc) is 3.35. The Morgan fingerprint density at radius 3 is 2.93 bits per heavy atom. The highest BCUT2D eigenvalue weighted by molar-refractivity contribution is 7.00. The van der Waals surface area contributed by atoms with Crippen molar-refractivity contribution < 1.29 is 9.53 Å². The van der Waals surface area contributed by atoms with E-state index in [-0.39, 0.29) is 23.1 Å². The normalized spacial score (nSPS) is 16.6. The van der Waals surface area contributed by atoms with Crippen LogP contribution in [-0.2, 0) is 17.8 Å². The zero-order chi connectivity index (χ0) is 19.7. The van der Waals surface area contributed by atoms with Crippen molar-refractivity contribution >= 4 is 28.7 Å². The van der Waals surface area contributed by atoms with Crippen molar-refractivity contribution in [1.82, 2.24) is 18.2 Å². The minimum Gasteiger partial charge on any atom is -0.376 e. The van der Waals surface area contributed by atoms with Crippen LogP contribution in [0.4, 0.5) is 0 Å². The van der Waals surface area contributed by atoms with Gasteiger partial charge in [-0.15, -0.1) is 0 Å². The lowest BCUT2D eigenvalue weighted by atomic mass is 10.1. The molecule has 1 unspecified atom stereocenters. The van der Waals surface area contributed by atoms with Gasteiger partial charge in [-0.25, -0.2) is 0 Å². The molecule has 2 aromatic heterocycles. The SMILES string of the molecule is Cc1ccn(CC2CCCO2)c(=O)c1C(=O)N(C)Cc1ccc2nsnc2c1. The van der Waals surface area contributed by atoms with E-state index in [2.05, 4.69) is 8.75 Å². The van der Waals surface area contributed by atoms with Gasteiger partial charge in [0.1, 0.15) is 16.6 Å². The molecule has 1 fully saturated rings. The summed E-state index contributed by atoms with van der Waals surface area (Å²) >= 11 is 1.17. The molecule has 1 aliphatic heterocycles. The summed E-state index contributed by atoms with van der Waals surface area (Å²) in [7, 11) is 1.71. The number of ether oxygens (including phenoxy) is 1. The Kier molecular flexibility index (Phi) is 5.23. The highest BCUT2D eigenvalue weighted by Crippen LogP contribution is 2.17. The third-order valence-corrected chi connectivity index (χ3v) is 5.65. The van der Waals surface area contributed by atoms with Crippen molar-refractivity contribution in [2.75, 3.05) is 13.7 Å². The van der Waals surface area contributed by atoms with Crippen molar-refractivity contribution in [2.45, 2.75) is 39.0 Å². The summed E-state index contributed by atoms with van der Waals surface area (Å²) in [4.78, 5) is 27.6. The standard InChI is InChI=1S/C20H22N4O3S/c1-13-7-8-24(12-15-4-3-9-27-15)20(26)18(13)19(25)23(2)11-14-5-6-16-17(10-14)22-28-21-16/h5-8,10,15H,3-4,9,11-12H2,1-2H3. The van der Waals surface area contributed by atoms with Crippen LogP contribution in [-0.4, -0.2) is 43.9 Å². The topological polar surface area (TPSA) is 77.3 Å². The number of aromatic nitrogens is 3. The maximum Gasteiger partial charge on any atom is 0.263 e. The molecule has 1 atom stereocenters. The highest BCUT2D eigenvalue weighted by Gasteiger charge is 2.22. The van der Waals surface area contributed by atoms with Gasteiger partial charge >= 0.3 is 0 Å². The van der Waals surface area contributed by atoms with Crippen LogP contribution in [0.1, 0.15) is 34.3 Å². The first kappa shape index (κ1) is 18.8. The van der Waals surface area contributed by atoms with Gasteiger partial charge in [-0.05, 0) is 49.1 Å². The summed E-state index contributed by atoms with van der Waals surface area (Å²) in [5, 5.41) is 0. The molecular weight excluding hydrogens is 376 g/mol. The summed E-state index contributed by atoms with van der Waals surface area (Å²) in [6, 6.07) is 7.58. The average molecular weight is 398 g/mol. The molecule has 0 aliphatic carbocycles. The maximum atomic E-state index is 13.0. The lowest BCUT2D eigenvalue weighted by Crippen LogP contribution is -2.36. The second kappa shape index (κ2) is 7.81. The molecule has 0 bridgehead atoms. The fourth-order valence-electron chi connectivity index (χ4n) is 3.54. The third-order valence-electron chi connectivity index (χ3n) is 5.10. The summed E-state index contributed by atoms with van der Waals surface area (Å²) in [6.45, 7) is 3.41. The predicted molar refractivity (Wildman–Crippen MR) is 108 cm³/mol. The van der Waals surface area contributed by atoms with Gasteiger partial charge in [-0.3, -0.25) is 9.59 Å². The summed E-state index contributed by atoms with van der Waals surface area (Å²) in [6.07, 6.45) is 3.75. The third kappa shape index (κ3) is 3.70. The van der Waals surface area contributed by atoms with E-state index in [0.717, 1.165) is 36.0 Å². The monoisotopic (exact) mass is 398 g/mol. The van der Waals surface area contributed by atoms with Crippen LogP contribution in [0.2, 0.25) is 0 Å². The molecule has 4 rings (SSSR count). The van der Waals surface area contributed by atoms with Crippen molar-refractivity contribution in [3.63, 3.8) is 0 Å². The fourth-order valence-corrected chi connectivity index (χ4v) is 4.06. The van der Waals surface area contributed by atoms with Crippen molar-refractivity contribution in [3.8, 4) is 0 Å². The number of rotatable bonds is 5. The number of pyridine rings is 1. The number of carbonyl (C=O) groups is 1. The number of benzene rings is 1. The van der Waals surface area contributed by atoms with E-state index in [0.29, 0.717) is 18.7 Å². The van der Waals surface area contributed by atoms with Crippen LogP contribution in [0.15, 0.2) is 35.3 Å². The van der Waals surface area contributed by atoms with Gasteiger partial charge in [0.25, 0.3) is 11.5 Å². The van der Waals surface area contributed by atoms with E-state index in [1.54, 1.807) is 29.6 Å². The molecule has 1 aliphatic rings. The van der Waals surface area contributed by atoms with E-state index in [4.69, 9.17) is 4.74 Å². The van der Waals surface area contributed by atoms with E-state index < -0.39 is 0 Å². The lowest BCUT2D eigenvalue weighted by Gasteiger charge is -2.19. The fraction of sp³-hybridized carbons (Fsp3) is 0.400. The molecule has 3 heterocycles. The first-order valence-corrected chi connectivity index (χ1v) is 10.0. The molecule has 3 aromatic rings. The number of fused-ring (bicyclic) bond motifs is 1. The number of amides is 1. The molecule has 28 heavy (non-hydrogen) atoms. The molecule has 0 N–H and O–H groups in total. The quantitative estimate of drug-likeness (QED) is 0.660. The van der Waals surface area contributed by atoms with Crippen LogP contribution in [0, 0.1) is 6.92 Å². The first-order valence-electron chi connectivity index (χ1n) is 9.31. The molecule has 0 radical (unpaired) electrons. The van der Waals surface area contributed by atoms with Gasteiger partial charge < -0.3 is 14.2 Å². The Bertz CT molecular complexity index is 1070. The molecule has 0 spiro atoms. The van der Waals surface area contributed by atoms with Crippen LogP contribution >= 0.6 is 11.7 Å². The Morgan fingerprint density at radius 2 is 2.14 bits per heavy atom. The Labute approximate surface area is 166 Å². The molecule has 8 heteroatoms. The maximum absolute atomic E-state index is 13.0. The van der Waals surface area contributed by atoms with Gasteiger partial charge in [0.05, 0.1) is 24.4 Å². The van der Waals surface area contributed by atoms with E-state index in [1.165, 1.54) is 11.7 Å². The van der Waals surface area contributed by atoms with E-state index >= 15 is 0 Å². The van der Waals surface area contributed by atoms with Crippen LogP contribution < -0.4 is 5.56 Å². The van der Waals surface area contributed by atoms with E-state index in [1.807, 2.05) is 24.3 Å². The summed E-state index contributed by atoms with van der Waals surface area (Å²) in [5.41, 5.74) is 3.26. The van der Waals surface area contributed by atoms with Gasteiger partial charge in [0.2, 0.25) is 0 Å². The minimum absolute atomic E-state index is 0.0412. The zero-order valence-electron chi connectivity index (χ0n) is 15.9. The summed E-state index contributed by atoms with van der Waals surface area (Å²) in [5.74, 6) is -0.277. The van der Waals surface area contributed by atoms with Crippen molar-refractivity contribution in [2.24, 2.45) is 0 Å². The second-order valence-electron chi connectivity index (χ2n) is 7.21. The number of nitrogens with zero attached hydrogens (tertiary/aromatic N) is 4. The van der Waals surface area contributed by atoms with Crippen molar-refractivity contribution in [3.05, 3.63) is 57.5 Å². The number of hydrogen-bond donors (Lipinski definition) is 0. The van der Waals surface area contributed by atoms with Gasteiger partial charge in [0, 0.05) is 26.4 Å². The second-order valence-corrected chi connectivity index (χ2v) is 7.74. The van der Waals surface area contributed by atoms with Crippen molar-refractivity contribution in [1.29, 1.82) is 0 Å². The Hall–Kier alpha value is -2.58. The number of carbonyl (C=O) groups excluding carboxylic acids is 1.